The maximum absolute atomic E-state index is 12.6. The topological polar surface area (TPSA) is 26.0 Å². The predicted octanol–water partition coefficient (Wildman–Crippen LogP) is 4.27. The van der Waals surface area contributed by atoms with Crippen molar-refractivity contribution < 1.29 is 26.3 Å². The van der Waals surface area contributed by atoms with Crippen LogP contribution in [0.4, 0.5) is 26.3 Å². The SMILES string of the molecule is CCC1CCCC(C(N)C(C(F)(F)F)C(F)(F)F)C1. The molecule has 0 saturated heterocycles. The highest BCUT2D eigenvalue weighted by molar-refractivity contribution is 4.91. The highest BCUT2D eigenvalue weighted by atomic mass is 19.4. The molecule has 114 valence electrons. The molecular formula is C12H19F6N. The van der Waals surface area contributed by atoms with Gasteiger partial charge in [-0.15, -0.1) is 0 Å². The lowest BCUT2D eigenvalue weighted by Crippen LogP contribution is -2.52. The highest BCUT2D eigenvalue weighted by Gasteiger charge is 2.60. The van der Waals surface area contributed by atoms with Gasteiger partial charge in [-0.2, -0.15) is 26.3 Å². The second-order valence-corrected chi connectivity index (χ2v) is 5.34. The largest absolute Gasteiger partial charge is 0.402 e. The van der Waals surface area contributed by atoms with Crippen LogP contribution in [0.25, 0.3) is 0 Å². The molecule has 0 aromatic heterocycles. The summed E-state index contributed by atoms with van der Waals surface area (Å²) >= 11 is 0. The molecular weight excluding hydrogens is 272 g/mol. The van der Waals surface area contributed by atoms with Crippen LogP contribution < -0.4 is 5.73 Å². The van der Waals surface area contributed by atoms with Gasteiger partial charge in [0.15, 0.2) is 5.92 Å². The van der Waals surface area contributed by atoms with Gasteiger partial charge in [-0.1, -0.05) is 26.2 Å². The first-order chi connectivity index (χ1) is 8.57. The van der Waals surface area contributed by atoms with E-state index < -0.39 is 30.2 Å². The van der Waals surface area contributed by atoms with Crippen molar-refractivity contribution in [3.05, 3.63) is 0 Å². The zero-order valence-electron chi connectivity index (χ0n) is 10.7. The third-order valence-corrected chi connectivity index (χ3v) is 4.04. The molecule has 1 aliphatic carbocycles. The minimum absolute atomic E-state index is 0.187. The molecule has 1 fully saturated rings. The molecule has 0 amide bonds. The summed E-state index contributed by atoms with van der Waals surface area (Å²) in [5, 5.41) is 0. The summed E-state index contributed by atoms with van der Waals surface area (Å²) in [6.45, 7) is 1.89. The number of nitrogens with two attached hydrogens (primary N) is 1. The van der Waals surface area contributed by atoms with Gasteiger partial charge in [-0.3, -0.25) is 0 Å². The summed E-state index contributed by atoms with van der Waals surface area (Å²) in [5.41, 5.74) is 5.34. The quantitative estimate of drug-likeness (QED) is 0.772. The fraction of sp³-hybridized carbons (Fsp3) is 1.00. The lowest BCUT2D eigenvalue weighted by Gasteiger charge is -2.37. The van der Waals surface area contributed by atoms with Gasteiger partial charge >= 0.3 is 12.4 Å². The summed E-state index contributed by atoms with van der Waals surface area (Å²) in [6, 6.07) is -1.89. The van der Waals surface area contributed by atoms with Crippen LogP contribution in [0.15, 0.2) is 0 Å². The summed E-state index contributed by atoms with van der Waals surface area (Å²) < 4.78 is 75.6. The van der Waals surface area contributed by atoms with E-state index in [4.69, 9.17) is 5.73 Å². The van der Waals surface area contributed by atoms with Crippen LogP contribution >= 0.6 is 0 Å². The third-order valence-electron chi connectivity index (χ3n) is 4.04. The average Bonchev–Trinajstić information content (AvgIpc) is 2.25. The smallest absolute Gasteiger partial charge is 0.327 e. The minimum atomic E-state index is -5.34. The predicted molar refractivity (Wildman–Crippen MR) is 59.3 cm³/mol. The zero-order valence-corrected chi connectivity index (χ0v) is 10.7. The van der Waals surface area contributed by atoms with Gasteiger partial charge in [0.1, 0.15) is 0 Å². The van der Waals surface area contributed by atoms with Crippen molar-refractivity contribution >= 4 is 0 Å². The van der Waals surface area contributed by atoms with Gasteiger partial charge in [-0.05, 0) is 24.7 Å². The van der Waals surface area contributed by atoms with Gasteiger partial charge in [0.05, 0.1) is 0 Å². The maximum atomic E-state index is 12.6. The minimum Gasteiger partial charge on any atom is -0.327 e. The number of halogens is 6. The molecule has 0 spiro atoms. The van der Waals surface area contributed by atoms with Crippen LogP contribution in [0.5, 0.6) is 0 Å². The first kappa shape index (κ1) is 16.6. The Morgan fingerprint density at radius 3 is 2.00 bits per heavy atom. The Morgan fingerprint density at radius 2 is 1.58 bits per heavy atom. The molecule has 1 nitrogen and oxygen atoms in total. The van der Waals surface area contributed by atoms with E-state index >= 15 is 0 Å². The molecule has 7 heteroatoms. The van der Waals surface area contributed by atoms with Gasteiger partial charge in [0, 0.05) is 6.04 Å². The van der Waals surface area contributed by atoms with Crippen molar-refractivity contribution in [3.63, 3.8) is 0 Å². The van der Waals surface area contributed by atoms with Gasteiger partial charge in [-0.25, -0.2) is 0 Å². The Hall–Kier alpha value is -0.460. The molecule has 3 unspecified atom stereocenters. The Kier molecular flexibility index (Phi) is 5.15. The normalized spacial score (nSPS) is 27.6. The Bertz CT molecular complexity index is 271. The van der Waals surface area contributed by atoms with Crippen LogP contribution in [-0.4, -0.2) is 18.4 Å². The summed E-state index contributed by atoms with van der Waals surface area (Å²) in [5.74, 6) is -3.93. The highest BCUT2D eigenvalue weighted by Crippen LogP contribution is 2.45. The van der Waals surface area contributed by atoms with E-state index in [1.165, 1.54) is 0 Å². The first-order valence-electron chi connectivity index (χ1n) is 6.46. The Morgan fingerprint density at radius 1 is 1.05 bits per heavy atom. The van der Waals surface area contributed by atoms with Crippen molar-refractivity contribution in [2.75, 3.05) is 0 Å². The van der Waals surface area contributed by atoms with E-state index in [0.29, 0.717) is 19.3 Å². The van der Waals surface area contributed by atoms with Crippen LogP contribution in [-0.2, 0) is 0 Å². The zero-order chi connectivity index (χ0) is 14.8. The lowest BCUT2D eigenvalue weighted by molar-refractivity contribution is -0.293. The van der Waals surface area contributed by atoms with Crippen LogP contribution in [0, 0.1) is 17.8 Å². The van der Waals surface area contributed by atoms with E-state index in [9.17, 15) is 26.3 Å². The van der Waals surface area contributed by atoms with Crippen molar-refractivity contribution in [1.82, 2.24) is 0 Å². The van der Waals surface area contributed by atoms with E-state index in [1.54, 1.807) is 0 Å². The van der Waals surface area contributed by atoms with Gasteiger partial charge < -0.3 is 5.73 Å². The van der Waals surface area contributed by atoms with E-state index in [2.05, 4.69) is 0 Å². The summed E-state index contributed by atoms with van der Waals surface area (Å²) in [6.07, 6.45) is -7.68. The molecule has 1 aliphatic rings. The van der Waals surface area contributed by atoms with Crippen molar-refractivity contribution in [3.8, 4) is 0 Å². The van der Waals surface area contributed by atoms with Crippen molar-refractivity contribution in [2.24, 2.45) is 23.5 Å². The van der Waals surface area contributed by atoms with Crippen molar-refractivity contribution in [1.29, 1.82) is 0 Å². The standard InChI is InChI=1S/C12H19F6N/c1-2-7-4-3-5-8(6-7)9(19)10(11(13,14)15)12(16,17)18/h7-10H,2-6,19H2,1H3. The molecule has 2 N–H and O–H groups in total. The third kappa shape index (κ3) is 4.26. The molecule has 0 aliphatic heterocycles. The van der Waals surface area contributed by atoms with Crippen LogP contribution in [0.1, 0.15) is 39.0 Å². The molecule has 3 atom stereocenters. The molecule has 0 aromatic carbocycles. The summed E-state index contributed by atoms with van der Waals surface area (Å²) in [7, 11) is 0. The molecule has 1 rings (SSSR count). The first-order valence-corrected chi connectivity index (χ1v) is 6.46. The van der Waals surface area contributed by atoms with Crippen LogP contribution in [0.2, 0.25) is 0 Å². The second-order valence-electron chi connectivity index (χ2n) is 5.34. The molecule has 0 radical (unpaired) electrons. The van der Waals surface area contributed by atoms with Gasteiger partial charge in [0.25, 0.3) is 0 Å². The number of alkyl halides is 6. The lowest BCUT2D eigenvalue weighted by atomic mass is 9.73. The molecule has 0 heterocycles. The number of hydrogen-bond acceptors (Lipinski definition) is 1. The molecule has 1 saturated carbocycles. The number of hydrogen-bond donors (Lipinski definition) is 1. The molecule has 19 heavy (non-hydrogen) atoms. The monoisotopic (exact) mass is 291 g/mol. The van der Waals surface area contributed by atoms with E-state index in [0.717, 1.165) is 12.8 Å². The van der Waals surface area contributed by atoms with Gasteiger partial charge in [0.2, 0.25) is 0 Å². The summed E-state index contributed by atoms with van der Waals surface area (Å²) in [4.78, 5) is 0. The Balaban J connectivity index is 2.85. The van der Waals surface area contributed by atoms with Crippen molar-refractivity contribution in [2.45, 2.75) is 57.4 Å². The average molecular weight is 291 g/mol. The maximum Gasteiger partial charge on any atom is 0.402 e. The second kappa shape index (κ2) is 5.89. The fourth-order valence-electron chi connectivity index (χ4n) is 2.95. The van der Waals surface area contributed by atoms with E-state index in [1.807, 2.05) is 6.92 Å². The molecule has 0 aromatic rings. The number of rotatable bonds is 3. The van der Waals surface area contributed by atoms with Crippen LogP contribution in [0.3, 0.4) is 0 Å². The Labute approximate surface area is 108 Å². The molecule has 0 bridgehead atoms. The van der Waals surface area contributed by atoms with E-state index in [-0.39, 0.29) is 5.92 Å². The fourth-order valence-corrected chi connectivity index (χ4v) is 2.95.